The molecule has 2 aliphatic rings. The maximum Gasteiger partial charge on any atom is 0.0972 e. The Balaban J connectivity index is 0.00000177. The summed E-state index contributed by atoms with van der Waals surface area (Å²) in [5.74, 6) is 0. The molecule has 0 N–H and O–H groups in total. The van der Waals surface area contributed by atoms with Gasteiger partial charge in [-0.25, -0.2) is 0 Å². The molecule has 1 aromatic heterocycles. The van der Waals surface area contributed by atoms with Gasteiger partial charge in [-0.15, -0.1) is 0 Å². The SMILES string of the molecule is CC.CC1(C)c2ccccc2N(c2ccc3c4ccc(N5c6ccccc6C(C)(C)c6ccccc65)cc4c4nccnc4c3c2)c2ccccc21. The van der Waals surface area contributed by atoms with E-state index in [4.69, 9.17) is 9.97 Å². The van der Waals surface area contributed by atoms with E-state index in [-0.39, 0.29) is 10.8 Å². The Morgan fingerprint density at radius 2 is 0.692 bits per heavy atom. The Morgan fingerprint density at radius 1 is 0.385 bits per heavy atom. The van der Waals surface area contributed by atoms with Gasteiger partial charge in [0.05, 0.1) is 33.8 Å². The molecule has 0 saturated carbocycles. The van der Waals surface area contributed by atoms with Crippen molar-refractivity contribution in [3.8, 4) is 0 Å². The molecule has 7 aromatic carbocycles. The van der Waals surface area contributed by atoms with Gasteiger partial charge in [0.2, 0.25) is 0 Å². The average molecular weight is 675 g/mol. The van der Waals surface area contributed by atoms with Crippen LogP contribution in [0, 0.1) is 0 Å². The van der Waals surface area contributed by atoms with E-state index < -0.39 is 0 Å². The van der Waals surface area contributed by atoms with Crippen molar-refractivity contribution in [2.75, 3.05) is 9.80 Å². The second-order valence-corrected chi connectivity index (χ2v) is 14.7. The fourth-order valence-corrected chi connectivity index (χ4v) is 8.83. The van der Waals surface area contributed by atoms with Crippen LogP contribution >= 0.6 is 0 Å². The van der Waals surface area contributed by atoms with E-state index in [0.29, 0.717) is 0 Å². The van der Waals surface area contributed by atoms with Crippen molar-refractivity contribution in [1.29, 1.82) is 0 Å². The van der Waals surface area contributed by atoms with Gasteiger partial charge in [0.25, 0.3) is 0 Å². The highest BCUT2D eigenvalue weighted by molar-refractivity contribution is 6.24. The van der Waals surface area contributed by atoms with Crippen molar-refractivity contribution >= 4 is 66.7 Å². The molecule has 0 spiro atoms. The number of hydrogen-bond donors (Lipinski definition) is 0. The number of anilines is 6. The number of para-hydroxylation sites is 4. The third-order valence-corrected chi connectivity index (χ3v) is 11.3. The molecule has 10 rings (SSSR count). The largest absolute Gasteiger partial charge is 0.310 e. The van der Waals surface area contributed by atoms with Crippen molar-refractivity contribution in [1.82, 2.24) is 9.97 Å². The summed E-state index contributed by atoms with van der Waals surface area (Å²) in [5.41, 5.74) is 13.9. The van der Waals surface area contributed by atoms with Crippen molar-refractivity contribution < 1.29 is 0 Å². The minimum absolute atomic E-state index is 0.113. The van der Waals surface area contributed by atoms with Crippen LogP contribution in [0.3, 0.4) is 0 Å². The molecule has 0 bridgehead atoms. The first-order chi connectivity index (χ1) is 25.3. The van der Waals surface area contributed by atoms with Crippen LogP contribution in [0.2, 0.25) is 0 Å². The summed E-state index contributed by atoms with van der Waals surface area (Å²) >= 11 is 0. The maximum atomic E-state index is 5.00. The highest BCUT2D eigenvalue weighted by Gasteiger charge is 2.38. The number of fused-ring (bicyclic) bond motifs is 10. The Labute approximate surface area is 306 Å². The molecule has 52 heavy (non-hydrogen) atoms. The lowest BCUT2D eigenvalue weighted by molar-refractivity contribution is 0.632. The molecule has 4 nitrogen and oxygen atoms in total. The second-order valence-electron chi connectivity index (χ2n) is 14.7. The van der Waals surface area contributed by atoms with Crippen LogP contribution in [-0.4, -0.2) is 9.97 Å². The molecule has 0 aliphatic carbocycles. The normalized spacial score (nSPS) is 15.0. The Kier molecular flexibility index (Phi) is 7.24. The van der Waals surface area contributed by atoms with Crippen molar-refractivity contribution in [2.24, 2.45) is 0 Å². The van der Waals surface area contributed by atoms with Crippen LogP contribution in [0.4, 0.5) is 34.1 Å². The molecule has 3 heterocycles. The van der Waals surface area contributed by atoms with Gasteiger partial charge in [0.1, 0.15) is 0 Å². The van der Waals surface area contributed by atoms with Crippen LogP contribution in [0.15, 0.2) is 146 Å². The topological polar surface area (TPSA) is 32.3 Å². The van der Waals surface area contributed by atoms with Gasteiger partial charge in [0, 0.05) is 45.4 Å². The smallest absolute Gasteiger partial charge is 0.0972 e. The van der Waals surface area contributed by atoms with Gasteiger partial charge in [-0.1, -0.05) is 126 Å². The molecule has 0 saturated heterocycles. The Morgan fingerprint density at radius 3 is 1.02 bits per heavy atom. The predicted octanol–water partition coefficient (Wildman–Crippen LogP) is 13.2. The van der Waals surface area contributed by atoms with Crippen LogP contribution in [-0.2, 0) is 10.8 Å². The van der Waals surface area contributed by atoms with Gasteiger partial charge >= 0.3 is 0 Å². The zero-order valence-electron chi connectivity index (χ0n) is 30.6. The van der Waals surface area contributed by atoms with Gasteiger partial charge in [-0.2, -0.15) is 0 Å². The number of aromatic nitrogens is 2. The van der Waals surface area contributed by atoms with E-state index in [2.05, 4.69) is 171 Å². The van der Waals surface area contributed by atoms with Crippen molar-refractivity contribution in [3.05, 3.63) is 168 Å². The lowest BCUT2D eigenvalue weighted by atomic mass is 9.73. The van der Waals surface area contributed by atoms with Crippen LogP contribution in [0.25, 0.3) is 32.6 Å². The van der Waals surface area contributed by atoms with Crippen molar-refractivity contribution in [2.45, 2.75) is 52.4 Å². The van der Waals surface area contributed by atoms with E-state index in [1.165, 1.54) is 55.8 Å². The lowest BCUT2D eigenvalue weighted by Crippen LogP contribution is -2.30. The van der Waals surface area contributed by atoms with Gasteiger partial charge < -0.3 is 9.80 Å². The first kappa shape index (κ1) is 31.9. The number of nitrogens with zero attached hydrogens (tertiary/aromatic N) is 4. The van der Waals surface area contributed by atoms with Crippen molar-refractivity contribution in [3.63, 3.8) is 0 Å². The Bertz CT molecular complexity index is 2380. The third-order valence-electron chi connectivity index (χ3n) is 11.3. The van der Waals surface area contributed by atoms with E-state index in [1.807, 2.05) is 26.2 Å². The molecule has 0 amide bonds. The quantitative estimate of drug-likeness (QED) is 0.171. The summed E-state index contributed by atoms with van der Waals surface area (Å²) in [4.78, 5) is 14.8. The average Bonchev–Trinajstić information content (AvgIpc) is 3.19. The molecule has 0 atom stereocenters. The van der Waals surface area contributed by atoms with Gasteiger partial charge in [-0.05, 0) is 81.6 Å². The third kappa shape index (κ3) is 4.46. The lowest BCUT2D eigenvalue weighted by Gasteiger charge is -2.42. The summed E-state index contributed by atoms with van der Waals surface area (Å²) in [5, 5.41) is 4.53. The van der Waals surface area contributed by atoms with E-state index in [1.54, 1.807) is 0 Å². The minimum atomic E-state index is -0.113. The van der Waals surface area contributed by atoms with Crippen LogP contribution < -0.4 is 9.80 Å². The maximum absolute atomic E-state index is 5.00. The first-order valence-corrected chi connectivity index (χ1v) is 18.4. The highest BCUT2D eigenvalue weighted by Crippen LogP contribution is 2.54. The molecule has 0 unspecified atom stereocenters. The fraction of sp³-hybridized carbons (Fsp3) is 0.167. The summed E-state index contributed by atoms with van der Waals surface area (Å²) in [6.07, 6.45) is 3.63. The Hall–Kier alpha value is -6.00. The van der Waals surface area contributed by atoms with E-state index >= 15 is 0 Å². The zero-order valence-corrected chi connectivity index (χ0v) is 30.6. The summed E-state index contributed by atoms with van der Waals surface area (Å²) in [6, 6.07) is 48.9. The summed E-state index contributed by atoms with van der Waals surface area (Å²) in [6.45, 7) is 13.3. The van der Waals surface area contributed by atoms with Gasteiger partial charge in [0.15, 0.2) is 0 Å². The molecule has 8 aromatic rings. The molecule has 4 heteroatoms. The highest BCUT2D eigenvalue weighted by atomic mass is 15.2. The standard InChI is InChI=1S/C46H36N4.C2H6/c1-45(2)35-13-5-9-17-39(35)49(40-18-10-6-14-36(40)45)29-21-23-31-32-24-22-30(28-34(32)44-43(33(31)27-29)47-25-26-48-44)50-41-19-11-7-15-37(41)46(3,4)38-16-8-12-20-42(38)50;1-2/h5-28H,1-4H3;1-2H3. The zero-order chi connectivity index (χ0) is 35.8. The number of benzene rings is 7. The minimum Gasteiger partial charge on any atom is -0.310 e. The molecule has 0 radical (unpaired) electrons. The molecule has 0 fully saturated rings. The monoisotopic (exact) mass is 674 g/mol. The molecular weight excluding hydrogens is 633 g/mol. The molecule has 2 aliphatic heterocycles. The predicted molar refractivity (Wildman–Crippen MR) is 220 cm³/mol. The second kappa shape index (κ2) is 11.8. The first-order valence-electron chi connectivity index (χ1n) is 18.4. The van der Waals surface area contributed by atoms with Crippen LogP contribution in [0.5, 0.6) is 0 Å². The number of rotatable bonds is 2. The van der Waals surface area contributed by atoms with E-state index in [0.717, 1.165) is 33.2 Å². The fourth-order valence-electron chi connectivity index (χ4n) is 8.83. The molecular formula is C48H42N4. The van der Waals surface area contributed by atoms with Crippen LogP contribution in [0.1, 0.15) is 63.8 Å². The molecule has 254 valence electrons. The van der Waals surface area contributed by atoms with Gasteiger partial charge in [-0.3, -0.25) is 9.97 Å². The van der Waals surface area contributed by atoms with E-state index in [9.17, 15) is 0 Å². The summed E-state index contributed by atoms with van der Waals surface area (Å²) in [7, 11) is 0. The summed E-state index contributed by atoms with van der Waals surface area (Å²) < 4.78 is 0. The number of hydrogen-bond acceptors (Lipinski definition) is 4.